The van der Waals surface area contributed by atoms with Gasteiger partial charge < -0.3 is 52.7 Å². The molecule has 11 atom stereocenters. The van der Waals surface area contributed by atoms with Crippen molar-refractivity contribution >= 4 is 24.2 Å². The Morgan fingerprint density at radius 2 is 1.33 bits per heavy atom. The zero-order chi connectivity index (χ0) is 40.0. The first-order valence-corrected chi connectivity index (χ1v) is 21.6. The van der Waals surface area contributed by atoms with Gasteiger partial charge in [0.25, 0.3) is 0 Å². The maximum absolute atomic E-state index is 13.4. The Hall–Kier alpha value is -2.84. The minimum atomic E-state index is -0.473. The van der Waals surface area contributed by atoms with Crippen molar-refractivity contribution in [2.45, 2.75) is 142 Å². The molecule has 4 rings (SSSR count). The van der Waals surface area contributed by atoms with Crippen LogP contribution in [0.25, 0.3) is 0 Å². The molecule has 4 aliphatic carbocycles. The molecule has 0 saturated heterocycles. The highest BCUT2D eigenvalue weighted by molar-refractivity contribution is 5.75. The van der Waals surface area contributed by atoms with Gasteiger partial charge in [0.1, 0.15) is 18.3 Å². The SMILES string of the molecule is CCCCCCCCNC(=O)CC[C@@H](C)[C@H]1CC[C@H]2C3[C@H](OC(=O)NCCN)CC4C[C@H](OC(=O)NCCN)CC[C@]4(C)[C@H]3C[C@H](OC(=O)NCCN)[C@]12C. The van der Waals surface area contributed by atoms with Gasteiger partial charge in [0, 0.05) is 63.6 Å². The minimum absolute atomic E-state index is 0.0463. The molecule has 0 aromatic rings. The van der Waals surface area contributed by atoms with Crippen LogP contribution in [-0.4, -0.2) is 88.3 Å². The van der Waals surface area contributed by atoms with E-state index in [2.05, 4.69) is 49.0 Å². The Bertz CT molecular complexity index is 1240. The molecule has 4 saturated carbocycles. The summed E-state index contributed by atoms with van der Waals surface area (Å²) in [5.74, 6) is 0.880. The lowest BCUT2D eigenvalue weighted by atomic mass is 9.43. The van der Waals surface area contributed by atoms with Gasteiger partial charge in [0.2, 0.25) is 5.91 Å². The Morgan fingerprint density at radius 3 is 1.98 bits per heavy atom. The smallest absolute Gasteiger partial charge is 0.407 e. The van der Waals surface area contributed by atoms with Gasteiger partial charge >= 0.3 is 18.3 Å². The van der Waals surface area contributed by atoms with Crippen LogP contribution in [0, 0.1) is 46.3 Å². The molecule has 0 aliphatic heterocycles. The second-order valence-electron chi connectivity index (χ2n) is 17.4. The van der Waals surface area contributed by atoms with E-state index in [4.69, 9.17) is 31.4 Å². The molecule has 0 spiro atoms. The number of amides is 4. The van der Waals surface area contributed by atoms with Gasteiger partial charge in [-0.25, -0.2) is 14.4 Å². The molecule has 14 nitrogen and oxygen atoms in total. The zero-order valence-electron chi connectivity index (χ0n) is 34.3. The molecule has 0 aromatic carbocycles. The predicted molar refractivity (Wildman–Crippen MR) is 213 cm³/mol. The fourth-order valence-electron chi connectivity index (χ4n) is 11.3. The van der Waals surface area contributed by atoms with E-state index in [0.717, 1.165) is 44.9 Å². The molecule has 0 aromatic heterocycles. The first kappa shape index (κ1) is 44.9. The fraction of sp³-hybridized carbons (Fsp3) is 0.902. The first-order valence-electron chi connectivity index (χ1n) is 21.6. The van der Waals surface area contributed by atoms with E-state index >= 15 is 0 Å². The maximum Gasteiger partial charge on any atom is 0.407 e. The third-order valence-electron chi connectivity index (χ3n) is 14.1. The average Bonchev–Trinajstić information content (AvgIpc) is 3.52. The van der Waals surface area contributed by atoms with Crippen LogP contribution in [0.3, 0.4) is 0 Å². The molecule has 55 heavy (non-hydrogen) atoms. The van der Waals surface area contributed by atoms with E-state index in [0.29, 0.717) is 71.5 Å². The molecule has 4 aliphatic rings. The second-order valence-corrected chi connectivity index (χ2v) is 17.4. The van der Waals surface area contributed by atoms with Gasteiger partial charge in [-0.3, -0.25) is 4.79 Å². The summed E-state index contributed by atoms with van der Waals surface area (Å²) < 4.78 is 18.7. The Kier molecular flexibility index (Phi) is 17.6. The second kappa shape index (κ2) is 21.6. The van der Waals surface area contributed by atoms with Crippen LogP contribution in [0.15, 0.2) is 0 Å². The Morgan fingerprint density at radius 1 is 0.709 bits per heavy atom. The number of hydrogen-bond acceptors (Lipinski definition) is 10. The zero-order valence-corrected chi connectivity index (χ0v) is 34.3. The van der Waals surface area contributed by atoms with Crippen LogP contribution < -0.4 is 38.5 Å². The van der Waals surface area contributed by atoms with Crippen molar-refractivity contribution in [1.29, 1.82) is 0 Å². The highest BCUT2D eigenvalue weighted by Gasteiger charge is 2.68. The van der Waals surface area contributed by atoms with E-state index < -0.39 is 23.7 Å². The summed E-state index contributed by atoms with van der Waals surface area (Å²) in [6, 6.07) is 0. The molecule has 2 unspecified atom stereocenters. The number of carbonyl (C=O) groups is 4. The number of nitrogens with one attached hydrogen (secondary N) is 4. The summed E-state index contributed by atoms with van der Waals surface area (Å²) in [6.45, 7) is 11.7. The van der Waals surface area contributed by atoms with Crippen LogP contribution in [-0.2, 0) is 19.0 Å². The van der Waals surface area contributed by atoms with Crippen molar-refractivity contribution < 1.29 is 33.4 Å². The van der Waals surface area contributed by atoms with Crippen LogP contribution in [0.5, 0.6) is 0 Å². The van der Waals surface area contributed by atoms with Gasteiger partial charge in [0.05, 0.1) is 0 Å². The number of carbonyl (C=O) groups excluding carboxylic acids is 4. The van der Waals surface area contributed by atoms with Gasteiger partial charge in [-0.1, -0.05) is 59.8 Å². The number of fused-ring (bicyclic) bond motifs is 5. The lowest BCUT2D eigenvalue weighted by Gasteiger charge is -2.64. The first-order chi connectivity index (χ1) is 26.4. The Labute approximate surface area is 330 Å². The molecule has 0 heterocycles. The number of hydrogen-bond donors (Lipinski definition) is 7. The molecule has 4 amide bonds. The normalized spacial score (nSPS) is 32.9. The van der Waals surface area contributed by atoms with Crippen molar-refractivity contribution in [1.82, 2.24) is 21.3 Å². The molecule has 0 bridgehead atoms. The van der Waals surface area contributed by atoms with E-state index in [-0.39, 0.29) is 65.1 Å². The van der Waals surface area contributed by atoms with Gasteiger partial charge in [0.15, 0.2) is 0 Å². The quantitative estimate of drug-likeness (QED) is 0.0653. The van der Waals surface area contributed by atoms with Crippen molar-refractivity contribution in [3.63, 3.8) is 0 Å². The average molecular weight is 778 g/mol. The third-order valence-corrected chi connectivity index (χ3v) is 14.1. The number of ether oxygens (including phenoxy) is 3. The topological polar surface area (TPSA) is 222 Å². The molecule has 0 radical (unpaired) electrons. The highest BCUT2D eigenvalue weighted by atomic mass is 16.6. The number of rotatable bonds is 20. The monoisotopic (exact) mass is 778 g/mol. The minimum Gasteiger partial charge on any atom is -0.446 e. The molecular formula is C41H75N7O7. The summed E-state index contributed by atoms with van der Waals surface area (Å²) in [7, 11) is 0. The lowest BCUT2D eigenvalue weighted by Crippen LogP contribution is -2.64. The van der Waals surface area contributed by atoms with Gasteiger partial charge in [-0.2, -0.15) is 0 Å². The van der Waals surface area contributed by atoms with Crippen molar-refractivity contribution in [2.24, 2.45) is 63.5 Å². The van der Waals surface area contributed by atoms with E-state index in [1.165, 1.54) is 25.7 Å². The molecule has 14 heteroatoms. The summed E-state index contributed by atoms with van der Waals surface area (Å²) in [5.41, 5.74) is 16.5. The highest BCUT2D eigenvalue weighted by Crippen LogP contribution is 2.69. The standard InChI is InChI=1S/C41H75N7O7/c1-5-6-7-8-9-10-20-45-35(49)14-11-27(2)30-12-13-31-36-32(26-34(41(30,31)4)55-39(52)48-23-19-44)40(3)16-15-29(53-37(50)46-21-17-42)24-28(40)25-33(36)54-38(51)47-22-18-43/h27-34,36H,5-26,42-44H2,1-4H3,(H,45,49)(H,46,50)(H,47,51)(H,48,52)/t27-,28?,29-,30-,31+,32+,33-,34+,36?,40+,41-/m1/s1. The van der Waals surface area contributed by atoms with Crippen molar-refractivity contribution in [2.75, 3.05) is 45.8 Å². The number of nitrogens with two attached hydrogens (primary N) is 3. The number of unbranched alkanes of at least 4 members (excludes halogenated alkanes) is 5. The van der Waals surface area contributed by atoms with Crippen LogP contribution in [0.4, 0.5) is 14.4 Å². The lowest BCUT2D eigenvalue weighted by molar-refractivity contribution is -0.206. The van der Waals surface area contributed by atoms with Crippen molar-refractivity contribution in [3.8, 4) is 0 Å². The predicted octanol–water partition coefficient (Wildman–Crippen LogP) is 4.92. The van der Waals surface area contributed by atoms with E-state index in [1.807, 2.05) is 0 Å². The summed E-state index contributed by atoms with van der Waals surface area (Å²) in [5, 5.41) is 11.5. The van der Waals surface area contributed by atoms with Crippen molar-refractivity contribution in [3.05, 3.63) is 0 Å². The molecule has 10 N–H and O–H groups in total. The van der Waals surface area contributed by atoms with Crippen LogP contribution in [0.2, 0.25) is 0 Å². The van der Waals surface area contributed by atoms with E-state index in [9.17, 15) is 19.2 Å². The fourth-order valence-corrected chi connectivity index (χ4v) is 11.3. The van der Waals surface area contributed by atoms with Gasteiger partial charge in [-0.05, 0) is 92.8 Å². The number of alkyl carbamates (subject to hydrolysis) is 3. The van der Waals surface area contributed by atoms with E-state index in [1.54, 1.807) is 0 Å². The summed E-state index contributed by atoms with van der Waals surface area (Å²) in [4.78, 5) is 52.1. The summed E-state index contributed by atoms with van der Waals surface area (Å²) in [6.07, 6.45) is 11.3. The maximum atomic E-state index is 13.4. The molecular weight excluding hydrogens is 702 g/mol. The molecule has 316 valence electrons. The van der Waals surface area contributed by atoms with Crippen LogP contribution >= 0.6 is 0 Å². The largest absolute Gasteiger partial charge is 0.446 e. The third kappa shape index (κ3) is 11.4. The van der Waals surface area contributed by atoms with Gasteiger partial charge in [-0.15, -0.1) is 0 Å². The van der Waals surface area contributed by atoms with Crippen LogP contribution in [0.1, 0.15) is 124 Å². The Balaban J connectivity index is 1.57. The summed E-state index contributed by atoms with van der Waals surface area (Å²) >= 11 is 0. The molecule has 4 fully saturated rings.